The normalized spacial score (nSPS) is 16.1. The Balaban J connectivity index is 1.82. The number of rotatable bonds is 7. The first-order valence-electron chi connectivity index (χ1n) is 8.93. The summed E-state index contributed by atoms with van der Waals surface area (Å²) >= 11 is 0. The van der Waals surface area contributed by atoms with Crippen molar-refractivity contribution >= 4 is 5.91 Å². The van der Waals surface area contributed by atoms with Crippen molar-refractivity contribution in [3.05, 3.63) is 29.8 Å². The second-order valence-electron chi connectivity index (χ2n) is 6.83. The number of carbonyl (C=O) groups is 1. The van der Waals surface area contributed by atoms with Gasteiger partial charge in [0.2, 0.25) is 5.91 Å². The lowest BCUT2D eigenvalue weighted by Gasteiger charge is -2.28. The van der Waals surface area contributed by atoms with Gasteiger partial charge in [0.05, 0.1) is 6.54 Å². The van der Waals surface area contributed by atoms with Crippen LogP contribution in [0.25, 0.3) is 0 Å². The van der Waals surface area contributed by atoms with Crippen LogP contribution in [0.5, 0.6) is 5.75 Å². The predicted molar refractivity (Wildman–Crippen MR) is 93.7 cm³/mol. The van der Waals surface area contributed by atoms with Gasteiger partial charge in [0, 0.05) is 19.6 Å². The van der Waals surface area contributed by atoms with Crippen LogP contribution in [0.1, 0.15) is 44.1 Å². The van der Waals surface area contributed by atoms with Crippen molar-refractivity contribution in [2.45, 2.75) is 57.7 Å². The van der Waals surface area contributed by atoms with E-state index in [2.05, 4.69) is 9.64 Å². The van der Waals surface area contributed by atoms with Crippen LogP contribution in [0.4, 0.5) is 8.78 Å². The molecule has 2 rings (SSSR count). The number of halogens is 2. The number of alkyl halides is 2. The first kappa shape index (κ1) is 19.6. The van der Waals surface area contributed by atoms with E-state index in [1.165, 1.54) is 50.7 Å². The molecule has 0 N–H and O–H groups in total. The maximum absolute atomic E-state index is 12.5. The van der Waals surface area contributed by atoms with Gasteiger partial charge in [-0.15, -0.1) is 0 Å². The van der Waals surface area contributed by atoms with E-state index in [9.17, 15) is 13.6 Å². The average molecular weight is 354 g/mol. The molecule has 0 aliphatic heterocycles. The van der Waals surface area contributed by atoms with Crippen LogP contribution in [0.15, 0.2) is 24.3 Å². The number of hydrogen-bond acceptors (Lipinski definition) is 3. The summed E-state index contributed by atoms with van der Waals surface area (Å²) in [5.74, 6) is 0.195. The number of amides is 1. The smallest absolute Gasteiger partial charge is 0.387 e. The van der Waals surface area contributed by atoms with Crippen LogP contribution in [0, 0.1) is 0 Å². The number of benzene rings is 1. The molecule has 140 valence electrons. The Kier molecular flexibility index (Phi) is 7.62. The largest absolute Gasteiger partial charge is 0.435 e. The van der Waals surface area contributed by atoms with E-state index in [1.54, 1.807) is 24.1 Å². The van der Waals surface area contributed by atoms with Gasteiger partial charge in [-0.25, -0.2) is 0 Å². The van der Waals surface area contributed by atoms with Gasteiger partial charge < -0.3 is 9.64 Å². The molecule has 0 radical (unpaired) electrons. The summed E-state index contributed by atoms with van der Waals surface area (Å²) in [5.41, 5.74) is 0.884. The van der Waals surface area contributed by atoms with Gasteiger partial charge >= 0.3 is 6.61 Å². The lowest BCUT2D eigenvalue weighted by Crippen LogP contribution is -2.41. The lowest BCUT2D eigenvalue weighted by atomic mass is 10.1. The summed E-state index contributed by atoms with van der Waals surface area (Å²) in [6, 6.07) is 6.90. The summed E-state index contributed by atoms with van der Waals surface area (Å²) in [6.07, 6.45) is 7.41. The minimum Gasteiger partial charge on any atom is -0.435 e. The van der Waals surface area contributed by atoms with E-state index in [0.717, 1.165) is 5.56 Å². The molecule has 25 heavy (non-hydrogen) atoms. The minimum absolute atomic E-state index is 0.0691. The number of likely N-dealkylation sites (N-methyl/N-ethyl adjacent to an activating group) is 2. The predicted octanol–water partition coefficient (Wildman–Crippen LogP) is 3.90. The first-order valence-corrected chi connectivity index (χ1v) is 8.93. The van der Waals surface area contributed by atoms with Crippen molar-refractivity contribution in [3.63, 3.8) is 0 Å². The molecule has 1 aromatic rings. The van der Waals surface area contributed by atoms with Gasteiger partial charge in [-0.1, -0.05) is 37.8 Å². The lowest BCUT2D eigenvalue weighted by molar-refractivity contribution is -0.131. The Morgan fingerprint density at radius 1 is 1.12 bits per heavy atom. The van der Waals surface area contributed by atoms with Gasteiger partial charge in [0.15, 0.2) is 0 Å². The maximum atomic E-state index is 12.5. The maximum Gasteiger partial charge on any atom is 0.387 e. The summed E-state index contributed by atoms with van der Waals surface area (Å²) < 4.78 is 28.6. The molecule has 1 amide bonds. The van der Waals surface area contributed by atoms with Crippen molar-refractivity contribution < 1.29 is 18.3 Å². The molecule has 4 nitrogen and oxygen atoms in total. The molecule has 1 aromatic carbocycles. The quantitative estimate of drug-likeness (QED) is 0.696. The van der Waals surface area contributed by atoms with Crippen molar-refractivity contribution in [2.75, 3.05) is 20.6 Å². The third-order valence-electron chi connectivity index (χ3n) is 4.83. The molecule has 0 heterocycles. The standard InChI is InChI=1S/C19H28F2N2O2/c1-22(16-7-5-3-4-6-8-16)14-18(24)23(2)13-15-9-11-17(12-10-15)25-19(20)21/h9-12,16,19H,3-8,13-14H2,1-2H3. The van der Waals surface area contributed by atoms with Gasteiger partial charge in [-0.05, 0) is 37.6 Å². The molecular formula is C19H28F2N2O2. The molecule has 6 heteroatoms. The molecule has 0 bridgehead atoms. The molecule has 0 aromatic heterocycles. The second-order valence-corrected chi connectivity index (χ2v) is 6.83. The molecule has 0 spiro atoms. The highest BCUT2D eigenvalue weighted by Crippen LogP contribution is 2.21. The third-order valence-corrected chi connectivity index (χ3v) is 4.83. The fourth-order valence-corrected chi connectivity index (χ4v) is 3.30. The Morgan fingerprint density at radius 2 is 1.72 bits per heavy atom. The zero-order chi connectivity index (χ0) is 18.2. The molecule has 0 unspecified atom stereocenters. The van der Waals surface area contributed by atoms with Gasteiger partial charge in [0.1, 0.15) is 5.75 Å². The highest BCUT2D eigenvalue weighted by Gasteiger charge is 2.20. The molecule has 0 saturated heterocycles. The molecular weight excluding hydrogens is 326 g/mol. The Labute approximate surface area is 148 Å². The zero-order valence-corrected chi connectivity index (χ0v) is 15.1. The minimum atomic E-state index is -2.82. The monoisotopic (exact) mass is 354 g/mol. The summed E-state index contributed by atoms with van der Waals surface area (Å²) in [4.78, 5) is 16.3. The highest BCUT2D eigenvalue weighted by molar-refractivity contribution is 5.78. The molecule has 0 atom stereocenters. The summed E-state index contributed by atoms with van der Waals surface area (Å²) in [5, 5.41) is 0. The Morgan fingerprint density at radius 3 is 2.28 bits per heavy atom. The van der Waals surface area contributed by atoms with Crippen molar-refractivity contribution in [1.82, 2.24) is 9.80 Å². The Hall–Kier alpha value is -1.69. The van der Waals surface area contributed by atoms with Crippen LogP contribution in [0.2, 0.25) is 0 Å². The molecule has 1 aliphatic carbocycles. The number of hydrogen-bond donors (Lipinski definition) is 0. The van der Waals surface area contributed by atoms with Crippen molar-refractivity contribution in [2.24, 2.45) is 0 Å². The van der Waals surface area contributed by atoms with Crippen LogP contribution in [-0.4, -0.2) is 49.0 Å². The van der Waals surface area contributed by atoms with E-state index < -0.39 is 6.61 Å². The fraction of sp³-hybridized carbons (Fsp3) is 0.632. The van der Waals surface area contributed by atoms with Gasteiger partial charge in [0.25, 0.3) is 0 Å². The zero-order valence-electron chi connectivity index (χ0n) is 15.1. The fourth-order valence-electron chi connectivity index (χ4n) is 3.30. The Bertz CT molecular complexity index is 529. The van der Waals surface area contributed by atoms with Gasteiger partial charge in [-0.3, -0.25) is 9.69 Å². The SMILES string of the molecule is CN(Cc1ccc(OC(F)F)cc1)C(=O)CN(C)C1CCCCCC1. The number of nitrogens with zero attached hydrogens (tertiary/aromatic N) is 2. The van der Waals surface area contributed by atoms with Gasteiger partial charge in [-0.2, -0.15) is 8.78 Å². The second kappa shape index (κ2) is 9.70. The third kappa shape index (κ3) is 6.61. The number of ether oxygens (including phenoxy) is 1. The molecule has 1 aliphatic rings. The first-order chi connectivity index (χ1) is 12.0. The van der Waals surface area contributed by atoms with Crippen LogP contribution < -0.4 is 4.74 Å². The highest BCUT2D eigenvalue weighted by atomic mass is 19.3. The van der Waals surface area contributed by atoms with E-state index in [1.807, 2.05) is 7.05 Å². The van der Waals surface area contributed by atoms with E-state index in [-0.39, 0.29) is 11.7 Å². The summed E-state index contributed by atoms with van der Waals surface area (Å²) in [6.45, 7) is -1.96. The van der Waals surface area contributed by atoms with Crippen molar-refractivity contribution in [3.8, 4) is 5.75 Å². The topological polar surface area (TPSA) is 32.8 Å². The van der Waals surface area contributed by atoms with Crippen LogP contribution in [-0.2, 0) is 11.3 Å². The van der Waals surface area contributed by atoms with E-state index in [0.29, 0.717) is 19.1 Å². The van der Waals surface area contributed by atoms with E-state index in [4.69, 9.17) is 0 Å². The molecule has 1 fully saturated rings. The van der Waals surface area contributed by atoms with Crippen LogP contribution in [0.3, 0.4) is 0 Å². The van der Waals surface area contributed by atoms with E-state index >= 15 is 0 Å². The average Bonchev–Trinajstić information content (AvgIpc) is 2.85. The van der Waals surface area contributed by atoms with Crippen LogP contribution >= 0.6 is 0 Å². The van der Waals surface area contributed by atoms with Crippen molar-refractivity contribution in [1.29, 1.82) is 0 Å². The summed E-state index contributed by atoms with van der Waals surface area (Å²) in [7, 11) is 3.80. The number of carbonyl (C=O) groups excluding carboxylic acids is 1. The molecule has 1 saturated carbocycles.